The Labute approximate surface area is 117 Å². The molecule has 1 aliphatic rings. The van der Waals surface area contributed by atoms with E-state index in [1.165, 1.54) is 31.5 Å². The molecule has 1 aromatic rings. The molecule has 1 heterocycles. The number of aliphatic hydroxyl groups excluding tert-OH is 1. The van der Waals surface area contributed by atoms with Gasteiger partial charge in [0.2, 0.25) is 0 Å². The second kappa shape index (κ2) is 8.00. The zero-order valence-corrected chi connectivity index (χ0v) is 12.5. The van der Waals surface area contributed by atoms with Crippen molar-refractivity contribution in [2.24, 2.45) is 5.92 Å². The summed E-state index contributed by atoms with van der Waals surface area (Å²) in [5.74, 6) is 0.961. The molecule has 0 aromatic heterocycles. The van der Waals surface area contributed by atoms with E-state index >= 15 is 0 Å². The van der Waals surface area contributed by atoms with Crippen molar-refractivity contribution in [3.63, 3.8) is 0 Å². The highest BCUT2D eigenvalue weighted by molar-refractivity contribution is 5.55. The standard InChI is InChI=1S/C15H21NO.C2H6/c1-12-4-3-9-16(10-12)11-14-5-7-15(8-6-14)13(2)17;1-2/h5-8,12,17H,2-4,9-11H2,1H3;1-2H3. The first-order valence-electron chi connectivity index (χ1n) is 7.34. The first-order valence-corrected chi connectivity index (χ1v) is 7.34. The third-order valence-corrected chi connectivity index (χ3v) is 3.43. The summed E-state index contributed by atoms with van der Waals surface area (Å²) < 4.78 is 0. The zero-order valence-electron chi connectivity index (χ0n) is 12.5. The molecule has 1 atom stereocenters. The maximum atomic E-state index is 9.27. The van der Waals surface area contributed by atoms with Gasteiger partial charge in [0.15, 0.2) is 0 Å². The fourth-order valence-corrected chi connectivity index (χ4v) is 2.49. The summed E-state index contributed by atoms with van der Waals surface area (Å²) in [4.78, 5) is 2.51. The molecule has 2 nitrogen and oxygen atoms in total. The molecule has 2 rings (SSSR count). The molecule has 1 fully saturated rings. The van der Waals surface area contributed by atoms with E-state index in [9.17, 15) is 5.11 Å². The number of likely N-dealkylation sites (tertiary alicyclic amines) is 1. The van der Waals surface area contributed by atoms with Crippen molar-refractivity contribution in [2.75, 3.05) is 13.1 Å². The van der Waals surface area contributed by atoms with Crippen LogP contribution >= 0.6 is 0 Å². The van der Waals surface area contributed by atoms with Crippen LogP contribution in [0, 0.1) is 5.92 Å². The fourth-order valence-electron chi connectivity index (χ4n) is 2.49. The highest BCUT2D eigenvalue weighted by Crippen LogP contribution is 2.18. The predicted octanol–water partition coefficient (Wildman–Crippen LogP) is 4.47. The van der Waals surface area contributed by atoms with Crippen LogP contribution in [0.2, 0.25) is 0 Å². The fraction of sp³-hybridized carbons (Fsp3) is 0.529. The number of nitrogens with zero attached hydrogens (tertiary/aromatic N) is 1. The summed E-state index contributed by atoms with van der Waals surface area (Å²) in [6, 6.07) is 8.03. The van der Waals surface area contributed by atoms with Crippen LogP contribution in [0.3, 0.4) is 0 Å². The highest BCUT2D eigenvalue weighted by Gasteiger charge is 2.15. The van der Waals surface area contributed by atoms with Gasteiger partial charge in [-0.1, -0.05) is 51.6 Å². The summed E-state index contributed by atoms with van der Waals surface area (Å²) in [6.07, 6.45) is 2.67. The number of rotatable bonds is 3. The molecule has 1 aromatic carbocycles. The van der Waals surface area contributed by atoms with Crippen molar-refractivity contribution < 1.29 is 5.11 Å². The van der Waals surface area contributed by atoms with Crippen LogP contribution < -0.4 is 0 Å². The molecule has 1 saturated heterocycles. The third kappa shape index (κ3) is 5.07. The molecule has 106 valence electrons. The van der Waals surface area contributed by atoms with E-state index < -0.39 is 0 Å². The Morgan fingerprint density at radius 3 is 2.47 bits per heavy atom. The quantitative estimate of drug-likeness (QED) is 0.811. The normalized spacial score (nSPS) is 19.4. The number of piperidine rings is 1. The molecule has 0 saturated carbocycles. The second-order valence-corrected chi connectivity index (χ2v) is 5.13. The zero-order chi connectivity index (χ0) is 14.3. The summed E-state index contributed by atoms with van der Waals surface area (Å²) in [6.45, 7) is 13.3. The number of aliphatic hydroxyl groups is 1. The lowest BCUT2D eigenvalue weighted by molar-refractivity contribution is 0.176. The lowest BCUT2D eigenvalue weighted by atomic mass is 9.99. The minimum Gasteiger partial charge on any atom is -0.508 e. The van der Waals surface area contributed by atoms with Crippen LogP contribution in [0.4, 0.5) is 0 Å². The van der Waals surface area contributed by atoms with Crippen molar-refractivity contribution in [2.45, 2.75) is 40.2 Å². The molecular weight excluding hydrogens is 234 g/mol. The van der Waals surface area contributed by atoms with Crippen LogP contribution in [0.25, 0.3) is 5.76 Å². The Hall–Kier alpha value is -1.28. The average molecular weight is 261 g/mol. The van der Waals surface area contributed by atoms with Gasteiger partial charge in [-0.05, 0) is 30.9 Å². The molecule has 1 unspecified atom stereocenters. The smallest absolute Gasteiger partial charge is 0.115 e. The van der Waals surface area contributed by atoms with Crippen molar-refractivity contribution in [1.29, 1.82) is 0 Å². The molecular formula is C17H27NO. The van der Waals surface area contributed by atoms with Crippen molar-refractivity contribution in [3.05, 3.63) is 42.0 Å². The van der Waals surface area contributed by atoms with Gasteiger partial charge >= 0.3 is 0 Å². The van der Waals surface area contributed by atoms with Crippen molar-refractivity contribution in [1.82, 2.24) is 4.90 Å². The first-order chi connectivity index (χ1) is 9.15. The number of hydrogen-bond acceptors (Lipinski definition) is 2. The topological polar surface area (TPSA) is 23.5 Å². The van der Waals surface area contributed by atoms with Crippen LogP contribution in [0.15, 0.2) is 30.8 Å². The van der Waals surface area contributed by atoms with E-state index in [4.69, 9.17) is 0 Å². The van der Waals surface area contributed by atoms with E-state index in [1.807, 2.05) is 26.0 Å². The van der Waals surface area contributed by atoms with Gasteiger partial charge in [-0.15, -0.1) is 0 Å². The Bertz CT molecular complexity index is 383. The largest absolute Gasteiger partial charge is 0.508 e. The van der Waals surface area contributed by atoms with E-state index in [2.05, 4.69) is 30.5 Å². The van der Waals surface area contributed by atoms with Gasteiger partial charge in [-0.2, -0.15) is 0 Å². The van der Waals surface area contributed by atoms with Crippen LogP contribution in [0.5, 0.6) is 0 Å². The maximum Gasteiger partial charge on any atom is 0.115 e. The highest BCUT2D eigenvalue weighted by atomic mass is 16.3. The Balaban J connectivity index is 0.000000861. The SMILES string of the molecule is C=C(O)c1ccc(CN2CCCC(C)C2)cc1.CC. The van der Waals surface area contributed by atoms with E-state index in [0.29, 0.717) is 0 Å². The monoisotopic (exact) mass is 261 g/mol. The predicted molar refractivity (Wildman–Crippen MR) is 83.1 cm³/mol. The molecule has 19 heavy (non-hydrogen) atoms. The lowest BCUT2D eigenvalue weighted by Crippen LogP contribution is -2.33. The Morgan fingerprint density at radius 2 is 1.95 bits per heavy atom. The van der Waals surface area contributed by atoms with Gasteiger partial charge in [0, 0.05) is 18.7 Å². The van der Waals surface area contributed by atoms with Gasteiger partial charge in [-0.3, -0.25) is 4.90 Å². The van der Waals surface area contributed by atoms with E-state index in [0.717, 1.165) is 18.0 Å². The molecule has 0 spiro atoms. The van der Waals surface area contributed by atoms with Gasteiger partial charge in [0.1, 0.15) is 5.76 Å². The second-order valence-electron chi connectivity index (χ2n) is 5.13. The Kier molecular flexibility index (Phi) is 6.65. The van der Waals surface area contributed by atoms with Gasteiger partial charge < -0.3 is 5.11 Å². The van der Waals surface area contributed by atoms with Crippen LogP contribution in [-0.2, 0) is 6.54 Å². The van der Waals surface area contributed by atoms with Crippen molar-refractivity contribution in [3.8, 4) is 0 Å². The number of hydrogen-bond donors (Lipinski definition) is 1. The molecule has 0 radical (unpaired) electrons. The van der Waals surface area contributed by atoms with Gasteiger partial charge in [0.25, 0.3) is 0 Å². The summed E-state index contributed by atoms with van der Waals surface area (Å²) >= 11 is 0. The molecule has 0 bridgehead atoms. The maximum absolute atomic E-state index is 9.27. The molecule has 0 aliphatic carbocycles. The third-order valence-electron chi connectivity index (χ3n) is 3.43. The number of benzene rings is 1. The van der Waals surface area contributed by atoms with E-state index in [-0.39, 0.29) is 5.76 Å². The minimum absolute atomic E-state index is 0.142. The van der Waals surface area contributed by atoms with Gasteiger partial charge in [0.05, 0.1) is 0 Å². The molecule has 2 heteroatoms. The van der Waals surface area contributed by atoms with Crippen LogP contribution in [0.1, 0.15) is 44.7 Å². The average Bonchev–Trinajstić information content (AvgIpc) is 2.41. The summed E-state index contributed by atoms with van der Waals surface area (Å²) in [5, 5.41) is 9.27. The Morgan fingerprint density at radius 1 is 1.32 bits per heavy atom. The lowest BCUT2D eigenvalue weighted by Gasteiger charge is -2.30. The summed E-state index contributed by atoms with van der Waals surface area (Å²) in [7, 11) is 0. The minimum atomic E-state index is 0.142. The van der Waals surface area contributed by atoms with Crippen molar-refractivity contribution >= 4 is 5.76 Å². The molecule has 1 aliphatic heterocycles. The van der Waals surface area contributed by atoms with Gasteiger partial charge in [-0.25, -0.2) is 0 Å². The molecule has 0 amide bonds. The van der Waals surface area contributed by atoms with E-state index in [1.54, 1.807) is 0 Å². The molecule has 1 N–H and O–H groups in total. The van der Waals surface area contributed by atoms with Crippen LogP contribution in [-0.4, -0.2) is 23.1 Å². The first kappa shape index (κ1) is 15.8. The summed E-state index contributed by atoms with van der Waals surface area (Å²) in [5.41, 5.74) is 2.12.